The fourth-order valence-electron chi connectivity index (χ4n) is 1.72. The van der Waals surface area contributed by atoms with E-state index in [1.165, 1.54) is 7.11 Å². The maximum atomic E-state index is 11.6. The minimum atomic E-state index is -0.937. The summed E-state index contributed by atoms with van der Waals surface area (Å²) in [5, 5.41) is 14.2. The summed E-state index contributed by atoms with van der Waals surface area (Å²) in [7, 11) is 1.44. The van der Waals surface area contributed by atoms with Crippen LogP contribution in [0.3, 0.4) is 0 Å². The molecule has 3 N–H and O–H groups in total. The van der Waals surface area contributed by atoms with E-state index in [1.807, 2.05) is 11.8 Å². The van der Waals surface area contributed by atoms with Crippen molar-refractivity contribution in [1.29, 1.82) is 0 Å². The molecule has 1 aliphatic rings. The monoisotopic (exact) mass is 276 g/mol. The molecule has 0 aliphatic carbocycles. The first-order chi connectivity index (χ1) is 8.61. The highest BCUT2D eigenvalue weighted by Crippen LogP contribution is 2.16. The van der Waals surface area contributed by atoms with E-state index in [-0.39, 0.29) is 25.0 Å². The predicted octanol–water partition coefficient (Wildman–Crippen LogP) is 0.671. The average Bonchev–Trinajstić information content (AvgIpc) is 2.35. The molecule has 0 aromatic rings. The largest absolute Gasteiger partial charge is 0.481 e. The lowest BCUT2D eigenvalue weighted by molar-refractivity contribution is -0.139. The topological polar surface area (TPSA) is 87.7 Å². The number of aliphatic carboxylic acids is 1. The molecule has 104 valence electrons. The van der Waals surface area contributed by atoms with E-state index in [4.69, 9.17) is 9.84 Å². The first-order valence-electron chi connectivity index (χ1n) is 5.98. The molecule has 1 rings (SSSR count). The molecule has 0 aromatic carbocycles. The molecule has 6 nitrogen and oxygen atoms in total. The Hall–Kier alpha value is -0.950. The molecule has 1 unspecified atom stereocenters. The number of carboxylic acid groups (broad SMARTS) is 1. The summed E-state index contributed by atoms with van der Waals surface area (Å²) >= 11 is 1.90. The molecule has 0 bridgehead atoms. The SMILES string of the molecule is COC(CNC(=O)NC1CCSCC1)CC(=O)O. The summed E-state index contributed by atoms with van der Waals surface area (Å²) in [6.07, 6.45) is 1.37. The summed E-state index contributed by atoms with van der Waals surface area (Å²) < 4.78 is 4.97. The Morgan fingerprint density at radius 1 is 1.44 bits per heavy atom. The molecule has 0 aromatic heterocycles. The zero-order valence-corrected chi connectivity index (χ0v) is 11.3. The zero-order valence-electron chi connectivity index (χ0n) is 10.5. The van der Waals surface area contributed by atoms with E-state index >= 15 is 0 Å². The van der Waals surface area contributed by atoms with Gasteiger partial charge in [0.25, 0.3) is 0 Å². The molecular formula is C11H20N2O4S. The van der Waals surface area contributed by atoms with Crippen molar-refractivity contribution in [3.05, 3.63) is 0 Å². The molecule has 0 spiro atoms. The minimum absolute atomic E-state index is 0.114. The number of methoxy groups -OCH3 is 1. The van der Waals surface area contributed by atoms with Crippen LogP contribution in [0.4, 0.5) is 4.79 Å². The molecule has 0 saturated carbocycles. The lowest BCUT2D eigenvalue weighted by Gasteiger charge is -2.23. The van der Waals surface area contributed by atoms with E-state index < -0.39 is 12.1 Å². The van der Waals surface area contributed by atoms with Gasteiger partial charge in [0.1, 0.15) is 0 Å². The molecular weight excluding hydrogens is 256 g/mol. The fourth-order valence-corrected chi connectivity index (χ4v) is 2.82. The van der Waals surface area contributed by atoms with Gasteiger partial charge in [-0.3, -0.25) is 4.79 Å². The van der Waals surface area contributed by atoms with E-state index in [1.54, 1.807) is 0 Å². The Bertz CT molecular complexity index is 282. The second-order valence-electron chi connectivity index (χ2n) is 4.20. The lowest BCUT2D eigenvalue weighted by atomic mass is 10.2. The number of carbonyl (C=O) groups is 2. The Morgan fingerprint density at radius 2 is 2.11 bits per heavy atom. The Kier molecular flexibility index (Phi) is 6.89. The van der Waals surface area contributed by atoms with Crippen LogP contribution in [0.15, 0.2) is 0 Å². The summed E-state index contributed by atoms with van der Waals surface area (Å²) in [6.45, 7) is 0.204. The van der Waals surface area contributed by atoms with Crippen molar-refractivity contribution in [2.24, 2.45) is 0 Å². The van der Waals surface area contributed by atoms with E-state index in [9.17, 15) is 9.59 Å². The summed E-state index contributed by atoms with van der Waals surface area (Å²) in [6, 6.07) is -0.0222. The van der Waals surface area contributed by atoms with Crippen LogP contribution >= 0.6 is 11.8 Å². The van der Waals surface area contributed by atoms with Gasteiger partial charge in [0.15, 0.2) is 0 Å². The molecule has 1 atom stereocenters. The van der Waals surface area contributed by atoms with E-state index in [2.05, 4.69) is 10.6 Å². The smallest absolute Gasteiger partial charge is 0.315 e. The summed E-state index contributed by atoms with van der Waals surface area (Å²) in [4.78, 5) is 22.1. The van der Waals surface area contributed by atoms with Crippen molar-refractivity contribution >= 4 is 23.8 Å². The Labute approximate surface area is 111 Å². The first-order valence-corrected chi connectivity index (χ1v) is 7.14. The van der Waals surface area contributed by atoms with Crippen LogP contribution < -0.4 is 10.6 Å². The van der Waals surface area contributed by atoms with Crippen molar-refractivity contribution in [3.8, 4) is 0 Å². The van der Waals surface area contributed by atoms with Crippen molar-refractivity contribution in [2.45, 2.75) is 31.4 Å². The first kappa shape index (κ1) is 15.1. The highest BCUT2D eigenvalue weighted by molar-refractivity contribution is 7.99. The number of rotatable bonds is 6. The van der Waals surface area contributed by atoms with Crippen molar-refractivity contribution in [2.75, 3.05) is 25.2 Å². The molecule has 1 heterocycles. The van der Waals surface area contributed by atoms with Gasteiger partial charge in [-0.25, -0.2) is 4.79 Å². The van der Waals surface area contributed by atoms with Crippen LogP contribution in [0, 0.1) is 0 Å². The minimum Gasteiger partial charge on any atom is -0.481 e. The third kappa shape index (κ3) is 6.11. The second kappa shape index (κ2) is 8.20. The zero-order chi connectivity index (χ0) is 13.4. The maximum absolute atomic E-state index is 11.6. The Balaban J connectivity index is 2.20. The molecule has 1 fully saturated rings. The van der Waals surface area contributed by atoms with Gasteiger partial charge in [-0.05, 0) is 24.3 Å². The van der Waals surface area contributed by atoms with Gasteiger partial charge in [-0.15, -0.1) is 0 Å². The third-order valence-electron chi connectivity index (χ3n) is 2.78. The van der Waals surface area contributed by atoms with Crippen molar-refractivity contribution in [3.63, 3.8) is 0 Å². The Morgan fingerprint density at radius 3 is 2.67 bits per heavy atom. The van der Waals surface area contributed by atoms with Gasteiger partial charge in [0.05, 0.1) is 12.5 Å². The number of hydrogen-bond acceptors (Lipinski definition) is 4. The van der Waals surface area contributed by atoms with Gasteiger partial charge in [-0.1, -0.05) is 0 Å². The summed E-state index contributed by atoms with van der Waals surface area (Å²) in [5.74, 6) is 1.21. The number of amides is 2. The van der Waals surface area contributed by atoms with Gasteiger partial charge < -0.3 is 20.5 Å². The van der Waals surface area contributed by atoms with Crippen LogP contribution in [0.5, 0.6) is 0 Å². The molecule has 1 aliphatic heterocycles. The predicted molar refractivity (Wildman–Crippen MR) is 69.9 cm³/mol. The van der Waals surface area contributed by atoms with Crippen LogP contribution in [0.25, 0.3) is 0 Å². The lowest BCUT2D eigenvalue weighted by Crippen LogP contribution is -2.46. The third-order valence-corrected chi connectivity index (χ3v) is 3.83. The molecule has 7 heteroatoms. The maximum Gasteiger partial charge on any atom is 0.315 e. The van der Waals surface area contributed by atoms with Crippen molar-refractivity contribution < 1.29 is 19.4 Å². The normalized spacial score (nSPS) is 18.1. The number of carboxylic acids is 1. The second-order valence-corrected chi connectivity index (χ2v) is 5.42. The highest BCUT2D eigenvalue weighted by Gasteiger charge is 2.17. The van der Waals surface area contributed by atoms with Crippen LogP contribution in [0.2, 0.25) is 0 Å². The molecule has 0 radical (unpaired) electrons. The number of carbonyl (C=O) groups excluding carboxylic acids is 1. The van der Waals surface area contributed by atoms with Gasteiger partial charge in [-0.2, -0.15) is 11.8 Å². The van der Waals surface area contributed by atoms with Gasteiger partial charge in [0.2, 0.25) is 0 Å². The van der Waals surface area contributed by atoms with Crippen LogP contribution in [-0.4, -0.2) is 54.4 Å². The standard InChI is InChI=1S/C11H20N2O4S/c1-17-9(6-10(14)15)7-12-11(16)13-8-2-4-18-5-3-8/h8-9H,2-7H2,1H3,(H,14,15)(H2,12,13,16). The highest BCUT2D eigenvalue weighted by atomic mass is 32.2. The van der Waals surface area contributed by atoms with Crippen molar-refractivity contribution in [1.82, 2.24) is 10.6 Å². The molecule has 2 amide bonds. The van der Waals surface area contributed by atoms with Crippen LogP contribution in [-0.2, 0) is 9.53 Å². The molecule has 18 heavy (non-hydrogen) atoms. The summed E-state index contributed by atoms with van der Waals surface area (Å²) in [5.41, 5.74) is 0. The number of urea groups is 1. The quantitative estimate of drug-likeness (QED) is 0.663. The van der Waals surface area contributed by atoms with E-state index in [0.29, 0.717) is 0 Å². The number of hydrogen-bond donors (Lipinski definition) is 3. The molecule has 1 saturated heterocycles. The van der Waals surface area contributed by atoms with Crippen LogP contribution in [0.1, 0.15) is 19.3 Å². The van der Waals surface area contributed by atoms with Gasteiger partial charge in [0, 0.05) is 19.7 Å². The van der Waals surface area contributed by atoms with E-state index in [0.717, 1.165) is 24.3 Å². The number of nitrogens with one attached hydrogen (secondary N) is 2. The number of thioether (sulfide) groups is 1. The average molecular weight is 276 g/mol. The fraction of sp³-hybridized carbons (Fsp3) is 0.818. The van der Waals surface area contributed by atoms with Gasteiger partial charge >= 0.3 is 12.0 Å². The number of ether oxygens (including phenoxy) is 1.